The molecule has 1 amide bonds. The van der Waals surface area contributed by atoms with E-state index in [-0.39, 0.29) is 5.91 Å². The number of anilines is 1. The Labute approximate surface area is 111 Å². The first-order valence-corrected chi connectivity index (χ1v) is 6.08. The standard InChI is InChI=1S/C13H17N5O/c1-13(2,11(19)14-3)8-15-12-16-9-6-4-5-7-10(9)17-18-12/h4-7H,8H2,1-3H3,(H,14,19)(H,15,16,18). The lowest BCUT2D eigenvalue weighted by Crippen LogP contribution is -2.39. The zero-order chi connectivity index (χ0) is 13.9. The number of hydrogen-bond acceptors (Lipinski definition) is 5. The van der Waals surface area contributed by atoms with Crippen LogP contribution in [0.1, 0.15) is 13.8 Å². The van der Waals surface area contributed by atoms with Gasteiger partial charge >= 0.3 is 0 Å². The molecule has 0 aliphatic rings. The van der Waals surface area contributed by atoms with Gasteiger partial charge in [0.15, 0.2) is 0 Å². The van der Waals surface area contributed by atoms with Crippen molar-refractivity contribution in [1.82, 2.24) is 20.5 Å². The first-order valence-electron chi connectivity index (χ1n) is 6.08. The second-order valence-electron chi connectivity index (χ2n) is 4.94. The highest BCUT2D eigenvalue weighted by Crippen LogP contribution is 2.16. The summed E-state index contributed by atoms with van der Waals surface area (Å²) < 4.78 is 0. The van der Waals surface area contributed by atoms with Gasteiger partial charge in [0, 0.05) is 13.6 Å². The van der Waals surface area contributed by atoms with Gasteiger partial charge < -0.3 is 10.6 Å². The Morgan fingerprint density at radius 2 is 1.89 bits per heavy atom. The second-order valence-corrected chi connectivity index (χ2v) is 4.94. The molecule has 0 radical (unpaired) electrons. The van der Waals surface area contributed by atoms with Crippen molar-refractivity contribution in [3.63, 3.8) is 0 Å². The minimum Gasteiger partial charge on any atom is -0.359 e. The van der Waals surface area contributed by atoms with E-state index < -0.39 is 5.41 Å². The third-order valence-corrected chi connectivity index (χ3v) is 2.89. The monoisotopic (exact) mass is 259 g/mol. The molecule has 2 N–H and O–H groups in total. The molecule has 0 spiro atoms. The number of nitrogens with zero attached hydrogens (tertiary/aromatic N) is 3. The number of fused-ring (bicyclic) bond motifs is 1. The molecule has 0 atom stereocenters. The molecule has 0 unspecified atom stereocenters. The van der Waals surface area contributed by atoms with Crippen LogP contribution >= 0.6 is 0 Å². The van der Waals surface area contributed by atoms with E-state index in [1.165, 1.54) is 0 Å². The molecule has 6 heteroatoms. The lowest BCUT2D eigenvalue weighted by molar-refractivity contribution is -0.128. The molecule has 0 saturated carbocycles. The van der Waals surface area contributed by atoms with Gasteiger partial charge in [0.2, 0.25) is 11.9 Å². The predicted molar refractivity (Wildman–Crippen MR) is 73.7 cm³/mol. The van der Waals surface area contributed by atoms with E-state index in [4.69, 9.17) is 0 Å². The predicted octanol–water partition coefficient (Wildman–Crippen LogP) is 1.21. The summed E-state index contributed by atoms with van der Waals surface area (Å²) in [4.78, 5) is 16.0. The van der Waals surface area contributed by atoms with Crippen molar-refractivity contribution in [2.45, 2.75) is 13.8 Å². The highest BCUT2D eigenvalue weighted by atomic mass is 16.2. The van der Waals surface area contributed by atoms with Crippen molar-refractivity contribution >= 4 is 22.9 Å². The van der Waals surface area contributed by atoms with Crippen LogP contribution in [0.25, 0.3) is 11.0 Å². The Morgan fingerprint density at radius 3 is 2.58 bits per heavy atom. The minimum atomic E-state index is -0.538. The van der Waals surface area contributed by atoms with Crippen molar-refractivity contribution in [1.29, 1.82) is 0 Å². The molecule has 1 aromatic heterocycles. The number of amides is 1. The zero-order valence-electron chi connectivity index (χ0n) is 11.3. The van der Waals surface area contributed by atoms with Gasteiger partial charge in [0.1, 0.15) is 5.52 Å². The average molecular weight is 259 g/mol. The number of carbonyl (C=O) groups excluding carboxylic acids is 1. The highest BCUT2D eigenvalue weighted by molar-refractivity contribution is 5.82. The normalized spacial score (nSPS) is 11.3. The maximum Gasteiger partial charge on any atom is 0.243 e. The van der Waals surface area contributed by atoms with Gasteiger partial charge in [-0.2, -0.15) is 0 Å². The molecule has 0 fully saturated rings. The first kappa shape index (κ1) is 13.2. The molecule has 0 bridgehead atoms. The van der Waals surface area contributed by atoms with Crippen LogP contribution < -0.4 is 10.6 Å². The second kappa shape index (κ2) is 5.17. The summed E-state index contributed by atoms with van der Waals surface area (Å²) >= 11 is 0. The van der Waals surface area contributed by atoms with Gasteiger partial charge in [0.05, 0.1) is 10.9 Å². The van der Waals surface area contributed by atoms with E-state index in [2.05, 4.69) is 25.8 Å². The third-order valence-electron chi connectivity index (χ3n) is 2.89. The Balaban J connectivity index is 2.12. The van der Waals surface area contributed by atoms with Crippen LogP contribution in [-0.4, -0.2) is 34.7 Å². The number of benzene rings is 1. The topological polar surface area (TPSA) is 79.8 Å². The summed E-state index contributed by atoms with van der Waals surface area (Å²) in [5.74, 6) is 0.393. The SMILES string of the molecule is CNC(=O)C(C)(C)CNc1nnc2ccccc2n1. The quantitative estimate of drug-likeness (QED) is 0.862. The van der Waals surface area contributed by atoms with Crippen LogP contribution in [0.3, 0.4) is 0 Å². The fourth-order valence-corrected chi connectivity index (χ4v) is 1.67. The Bertz CT molecular complexity index is 596. The minimum absolute atomic E-state index is 0.0336. The van der Waals surface area contributed by atoms with Crippen molar-refractivity contribution < 1.29 is 4.79 Å². The summed E-state index contributed by atoms with van der Waals surface area (Å²) in [5, 5.41) is 13.7. The maximum absolute atomic E-state index is 11.7. The molecule has 0 aliphatic heterocycles. The van der Waals surface area contributed by atoms with Gasteiger partial charge in [-0.05, 0) is 26.0 Å². The van der Waals surface area contributed by atoms with Gasteiger partial charge in [-0.15, -0.1) is 10.2 Å². The van der Waals surface area contributed by atoms with Crippen molar-refractivity contribution in [2.24, 2.45) is 5.41 Å². The van der Waals surface area contributed by atoms with Gasteiger partial charge in [-0.25, -0.2) is 4.98 Å². The van der Waals surface area contributed by atoms with Crippen molar-refractivity contribution in [3.05, 3.63) is 24.3 Å². The van der Waals surface area contributed by atoms with E-state index in [0.29, 0.717) is 12.5 Å². The molecule has 1 aromatic carbocycles. The number of hydrogen-bond donors (Lipinski definition) is 2. The largest absolute Gasteiger partial charge is 0.359 e. The fourth-order valence-electron chi connectivity index (χ4n) is 1.67. The highest BCUT2D eigenvalue weighted by Gasteiger charge is 2.26. The van der Waals surface area contributed by atoms with Crippen LogP contribution in [0, 0.1) is 5.41 Å². The molecular formula is C13H17N5O. The Kier molecular flexibility index (Phi) is 3.59. The molecule has 100 valence electrons. The molecule has 2 aromatic rings. The smallest absolute Gasteiger partial charge is 0.243 e. The van der Waals surface area contributed by atoms with Gasteiger partial charge in [-0.3, -0.25) is 4.79 Å². The van der Waals surface area contributed by atoms with Crippen LogP contribution in [0.4, 0.5) is 5.95 Å². The fraction of sp³-hybridized carbons (Fsp3) is 0.385. The van der Waals surface area contributed by atoms with Crippen molar-refractivity contribution in [3.8, 4) is 0 Å². The molecular weight excluding hydrogens is 242 g/mol. The van der Waals surface area contributed by atoms with E-state index >= 15 is 0 Å². The van der Waals surface area contributed by atoms with E-state index in [9.17, 15) is 4.79 Å². The first-order chi connectivity index (χ1) is 9.03. The van der Waals surface area contributed by atoms with Gasteiger partial charge in [0.25, 0.3) is 0 Å². The number of para-hydroxylation sites is 1. The Hall–Kier alpha value is -2.24. The van der Waals surface area contributed by atoms with E-state index in [1.54, 1.807) is 7.05 Å². The third kappa shape index (κ3) is 2.96. The number of carbonyl (C=O) groups is 1. The molecule has 2 rings (SSSR count). The summed E-state index contributed by atoms with van der Waals surface area (Å²) in [6, 6.07) is 7.52. The van der Waals surface area contributed by atoms with Crippen molar-refractivity contribution in [2.75, 3.05) is 18.9 Å². The van der Waals surface area contributed by atoms with E-state index in [1.807, 2.05) is 38.1 Å². The lowest BCUT2D eigenvalue weighted by atomic mass is 9.92. The van der Waals surface area contributed by atoms with Crippen LogP contribution in [0.2, 0.25) is 0 Å². The van der Waals surface area contributed by atoms with Crippen LogP contribution in [-0.2, 0) is 4.79 Å². The molecule has 1 heterocycles. The van der Waals surface area contributed by atoms with Gasteiger partial charge in [-0.1, -0.05) is 12.1 Å². The summed E-state index contributed by atoms with van der Waals surface area (Å²) in [6.45, 7) is 4.15. The molecule has 6 nitrogen and oxygen atoms in total. The zero-order valence-corrected chi connectivity index (χ0v) is 11.3. The number of rotatable bonds is 4. The number of aromatic nitrogens is 3. The summed E-state index contributed by atoms with van der Waals surface area (Å²) in [6.07, 6.45) is 0. The van der Waals surface area contributed by atoms with Crippen LogP contribution in [0.15, 0.2) is 24.3 Å². The lowest BCUT2D eigenvalue weighted by Gasteiger charge is -2.22. The van der Waals surface area contributed by atoms with E-state index in [0.717, 1.165) is 11.0 Å². The number of nitrogens with one attached hydrogen (secondary N) is 2. The Morgan fingerprint density at radius 1 is 1.21 bits per heavy atom. The molecule has 0 saturated heterocycles. The average Bonchev–Trinajstić information content (AvgIpc) is 2.44. The maximum atomic E-state index is 11.7. The summed E-state index contributed by atoms with van der Waals surface area (Å²) in [7, 11) is 1.62. The summed E-state index contributed by atoms with van der Waals surface area (Å²) in [5.41, 5.74) is 0.986. The molecule has 0 aliphatic carbocycles. The molecule has 19 heavy (non-hydrogen) atoms. The van der Waals surface area contributed by atoms with Crippen LogP contribution in [0.5, 0.6) is 0 Å².